The average Bonchev–Trinajstić information content (AvgIpc) is 2.11. The molecule has 16 heavy (non-hydrogen) atoms. The zero-order valence-electron chi connectivity index (χ0n) is 9.61. The summed E-state index contributed by atoms with van der Waals surface area (Å²) in [5.41, 5.74) is 6.40. The van der Waals surface area contributed by atoms with Crippen LogP contribution in [0, 0.1) is 13.8 Å². The first-order valence-corrected chi connectivity index (χ1v) is 6.88. The Morgan fingerprint density at radius 3 is 2.50 bits per heavy atom. The summed E-state index contributed by atoms with van der Waals surface area (Å²) in [4.78, 5) is 8.16. The molecule has 7 heteroatoms. The zero-order chi connectivity index (χ0) is 12.3. The van der Waals surface area contributed by atoms with Crippen LogP contribution in [0.4, 0.5) is 11.6 Å². The number of aromatic nitrogens is 2. The zero-order valence-corrected chi connectivity index (χ0v) is 10.4. The fourth-order valence-electron chi connectivity index (χ4n) is 1.18. The summed E-state index contributed by atoms with van der Waals surface area (Å²) in [6, 6.07) is 0. The van der Waals surface area contributed by atoms with Crippen LogP contribution in [-0.2, 0) is 9.84 Å². The predicted molar refractivity (Wildman–Crippen MR) is 64.1 cm³/mol. The topological polar surface area (TPSA) is 98.0 Å². The summed E-state index contributed by atoms with van der Waals surface area (Å²) >= 11 is 0. The minimum atomic E-state index is -2.96. The summed E-state index contributed by atoms with van der Waals surface area (Å²) < 4.78 is 21.9. The fraction of sp³-hybridized carbons (Fsp3) is 0.556. The molecular formula is C9H16N4O2S. The Kier molecular flexibility index (Phi) is 3.69. The Balaban J connectivity index is 2.75. The number of hydrogen-bond donors (Lipinski definition) is 2. The van der Waals surface area contributed by atoms with E-state index in [1.54, 1.807) is 13.8 Å². The van der Waals surface area contributed by atoms with Gasteiger partial charge in [0.1, 0.15) is 27.3 Å². The second-order valence-electron chi connectivity index (χ2n) is 3.69. The van der Waals surface area contributed by atoms with Crippen molar-refractivity contribution in [3.8, 4) is 0 Å². The van der Waals surface area contributed by atoms with Crippen molar-refractivity contribution in [3.63, 3.8) is 0 Å². The van der Waals surface area contributed by atoms with E-state index < -0.39 is 9.84 Å². The summed E-state index contributed by atoms with van der Waals surface area (Å²) in [6.45, 7) is 3.84. The standard InChI is InChI=1S/C9H16N4O2S/c1-6-8(10)12-7(2)13-9(6)11-4-5-16(3,14)15/h4-5H2,1-3H3,(H3,10,11,12,13). The van der Waals surface area contributed by atoms with Crippen molar-refractivity contribution in [2.45, 2.75) is 13.8 Å². The Morgan fingerprint density at radius 1 is 1.31 bits per heavy atom. The van der Waals surface area contributed by atoms with Gasteiger partial charge in [0, 0.05) is 18.4 Å². The number of anilines is 2. The van der Waals surface area contributed by atoms with Crippen molar-refractivity contribution in [2.24, 2.45) is 0 Å². The Hall–Kier alpha value is -1.37. The fourth-order valence-corrected chi connectivity index (χ4v) is 1.65. The molecule has 0 saturated carbocycles. The predicted octanol–water partition coefficient (Wildman–Crippen LogP) is 0.132. The van der Waals surface area contributed by atoms with Gasteiger partial charge < -0.3 is 11.1 Å². The van der Waals surface area contributed by atoms with Crippen LogP contribution in [0.25, 0.3) is 0 Å². The SMILES string of the molecule is Cc1nc(N)c(C)c(NCCS(C)(=O)=O)n1. The van der Waals surface area contributed by atoms with E-state index >= 15 is 0 Å². The molecule has 0 saturated heterocycles. The van der Waals surface area contributed by atoms with Crippen LogP contribution in [0.3, 0.4) is 0 Å². The number of nitrogen functional groups attached to an aromatic ring is 1. The Morgan fingerprint density at radius 2 is 1.94 bits per heavy atom. The number of aryl methyl sites for hydroxylation is 1. The highest BCUT2D eigenvalue weighted by Crippen LogP contribution is 2.16. The smallest absolute Gasteiger partial charge is 0.149 e. The molecule has 1 rings (SSSR count). The molecular weight excluding hydrogens is 228 g/mol. The molecule has 0 amide bonds. The van der Waals surface area contributed by atoms with E-state index in [4.69, 9.17) is 5.73 Å². The second kappa shape index (κ2) is 4.65. The van der Waals surface area contributed by atoms with Gasteiger partial charge in [-0.15, -0.1) is 0 Å². The molecule has 0 bridgehead atoms. The quantitative estimate of drug-likeness (QED) is 0.781. The summed E-state index contributed by atoms with van der Waals surface area (Å²) in [7, 11) is -2.96. The molecule has 90 valence electrons. The molecule has 0 spiro atoms. The van der Waals surface area contributed by atoms with Gasteiger partial charge in [-0.2, -0.15) is 0 Å². The van der Waals surface area contributed by atoms with E-state index in [9.17, 15) is 8.42 Å². The first kappa shape index (κ1) is 12.7. The highest BCUT2D eigenvalue weighted by molar-refractivity contribution is 7.90. The molecule has 0 fully saturated rings. The third-order valence-corrected chi connectivity index (χ3v) is 3.01. The van der Waals surface area contributed by atoms with E-state index in [-0.39, 0.29) is 5.75 Å². The molecule has 3 N–H and O–H groups in total. The maximum absolute atomic E-state index is 10.9. The van der Waals surface area contributed by atoms with Crippen LogP contribution in [0.15, 0.2) is 0 Å². The van der Waals surface area contributed by atoms with Gasteiger partial charge in [-0.05, 0) is 13.8 Å². The Labute approximate surface area is 95.2 Å². The minimum absolute atomic E-state index is 0.0649. The molecule has 1 aromatic heterocycles. The van der Waals surface area contributed by atoms with Gasteiger partial charge >= 0.3 is 0 Å². The third kappa shape index (κ3) is 3.65. The van der Waals surface area contributed by atoms with Gasteiger partial charge in [0.25, 0.3) is 0 Å². The molecule has 0 aromatic carbocycles. The largest absolute Gasteiger partial charge is 0.383 e. The lowest BCUT2D eigenvalue weighted by Gasteiger charge is -2.10. The summed E-state index contributed by atoms with van der Waals surface area (Å²) in [5.74, 6) is 1.63. The van der Waals surface area contributed by atoms with Gasteiger partial charge in [-0.3, -0.25) is 0 Å². The molecule has 0 aliphatic rings. The van der Waals surface area contributed by atoms with Crippen molar-refractivity contribution < 1.29 is 8.42 Å². The van der Waals surface area contributed by atoms with Crippen molar-refractivity contribution in [1.29, 1.82) is 0 Å². The van der Waals surface area contributed by atoms with Crippen LogP contribution in [0.2, 0.25) is 0 Å². The highest BCUT2D eigenvalue weighted by atomic mass is 32.2. The maximum Gasteiger partial charge on any atom is 0.149 e. The molecule has 0 atom stereocenters. The van der Waals surface area contributed by atoms with Gasteiger partial charge in [-0.25, -0.2) is 18.4 Å². The average molecular weight is 244 g/mol. The lowest BCUT2D eigenvalue weighted by Crippen LogP contribution is -2.16. The van der Waals surface area contributed by atoms with Crippen molar-refractivity contribution >= 4 is 21.5 Å². The number of nitrogens with two attached hydrogens (primary N) is 1. The van der Waals surface area contributed by atoms with Crippen molar-refractivity contribution in [3.05, 3.63) is 11.4 Å². The molecule has 0 aliphatic heterocycles. The van der Waals surface area contributed by atoms with E-state index in [1.807, 2.05) is 0 Å². The lowest BCUT2D eigenvalue weighted by molar-refractivity contribution is 0.602. The molecule has 1 aromatic rings. The van der Waals surface area contributed by atoms with Crippen LogP contribution in [-0.4, -0.2) is 36.9 Å². The van der Waals surface area contributed by atoms with Gasteiger partial charge in [0.2, 0.25) is 0 Å². The number of nitrogens with zero attached hydrogens (tertiary/aromatic N) is 2. The number of nitrogens with one attached hydrogen (secondary N) is 1. The first-order chi connectivity index (χ1) is 7.29. The van der Waals surface area contributed by atoms with Crippen LogP contribution >= 0.6 is 0 Å². The maximum atomic E-state index is 10.9. The van der Waals surface area contributed by atoms with E-state index in [1.165, 1.54) is 6.26 Å². The monoisotopic (exact) mass is 244 g/mol. The van der Waals surface area contributed by atoms with Gasteiger partial charge in [0.15, 0.2) is 0 Å². The number of sulfone groups is 1. The third-order valence-electron chi connectivity index (χ3n) is 2.06. The van der Waals surface area contributed by atoms with E-state index in [0.717, 1.165) is 5.56 Å². The first-order valence-electron chi connectivity index (χ1n) is 4.82. The molecule has 0 unspecified atom stereocenters. The second-order valence-corrected chi connectivity index (χ2v) is 5.95. The Bertz CT molecular complexity index is 485. The molecule has 0 radical (unpaired) electrons. The molecule has 1 heterocycles. The van der Waals surface area contributed by atoms with Crippen LogP contribution < -0.4 is 11.1 Å². The van der Waals surface area contributed by atoms with Crippen molar-refractivity contribution in [1.82, 2.24) is 9.97 Å². The van der Waals surface area contributed by atoms with E-state index in [2.05, 4.69) is 15.3 Å². The number of rotatable bonds is 4. The van der Waals surface area contributed by atoms with Gasteiger partial charge in [0.05, 0.1) is 5.75 Å². The van der Waals surface area contributed by atoms with E-state index in [0.29, 0.717) is 24.0 Å². The molecule has 0 aliphatic carbocycles. The summed E-state index contributed by atoms with van der Waals surface area (Å²) in [5, 5.41) is 2.94. The minimum Gasteiger partial charge on any atom is -0.383 e. The normalized spacial score (nSPS) is 11.4. The van der Waals surface area contributed by atoms with Crippen LogP contribution in [0.5, 0.6) is 0 Å². The lowest BCUT2D eigenvalue weighted by atomic mass is 10.3. The van der Waals surface area contributed by atoms with Gasteiger partial charge in [-0.1, -0.05) is 0 Å². The summed E-state index contributed by atoms with van der Waals surface area (Å²) in [6.07, 6.45) is 1.20. The highest BCUT2D eigenvalue weighted by Gasteiger charge is 2.07. The molecule has 6 nitrogen and oxygen atoms in total. The number of hydrogen-bond acceptors (Lipinski definition) is 6. The van der Waals surface area contributed by atoms with Crippen LogP contribution in [0.1, 0.15) is 11.4 Å². The van der Waals surface area contributed by atoms with Crippen molar-refractivity contribution in [2.75, 3.05) is 29.6 Å².